The van der Waals surface area contributed by atoms with Gasteiger partial charge in [0.25, 0.3) is 0 Å². The summed E-state index contributed by atoms with van der Waals surface area (Å²) in [6.07, 6.45) is 3.56. The Morgan fingerprint density at radius 3 is 2.44 bits per heavy atom. The zero-order valence-electron chi connectivity index (χ0n) is 20.4. The number of urea groups is 1. The fourth-order valence-electron chi connectivity index (χ4n) is 3.07. The maximum Gasteiger partial charge on any atom is 0.312 e. The van der Waals surface area contributed by atoms with Crippen LogP contribution in [-0.2, 0) is 36.9 Å². The maximum absolute atomic E-state index is 12.8. The number of primary amides is 1. The minimum absolute atomic E-state index is 0.156. The Kier molecular flexibility index (Phi) is 13.8. The lowest BCUT2D eigenvalue weighted by Crippen LogP contribution is -2.53. The molecule has 36 heavy (non-hydrogen) atoms. The normalized spacial score (nSPS) is 12.3. The highest BCUT2D eigenvalue weighted by molar-refractivity contribution is 7.96. The molecule has 200 valence electrons. The van der Waals surface area contributed by atoms with Gasteiger partial charge in [0.2, 0.25) is 22.8 Å². The molecule has 14 nitrogen and oxygen atoms in total. The lowest BCUT2D eigenvalue weighted by atomic mass is 10.0. The van der Waals surface area contributed by atoms with E-state index in [9.17, 15) is 28.8 Å². The summed E-state index contributed by atoms with van der Waals surface area (Å²) in [7, 11) is 0. The first-order valence-electron chi connectivity index (χ1n) is 11.5. The first kappa shape index (κ1) is 30.5. The number of aldehydes is 1. The van der Waals surface area contributed by atoms with E-state index in [0.29, 0.717) is 18.5 Å². The zero-order valence-corrected chi connectivity index (χ0v) is 21.3. The number of rotatable bonds is 17. The van der Waals surface area contributed by atoms with Crippen LogP contribution in [0.4, 0.5) is 4.79 Å². The van der Waals surface area contributed by atoms with Crippen molar-refractivity contribution in [1.82, 2.24) is 36.3 Å². The van der Waals surface area contributed by atoms with Gasteiger partial charge in [0.05, 0.1) is 11.7 Å². The highest BCUT2D eigenvalue weighted by Gasteiger charge is 2.28. The highest BCUT2D eigenvalue weighted by atomic mass is 32.1. The van der Waals surface area contributed by atoms with Crippen LogP contribution in [0.5, 0.6) is 0 Å². The van der Waals surface area contributed by atoms with Gasteiger partial charge in [-0.05, 0) is 18.8 Å². The van der Waals surface area contributed by atoms with Gasteiger partial charge in [0.1, 0.15) is 18.9 Å². The minimum atomic E-state index is -0.922. The molecule has 1 rings (SSSR count). The summed E-state index contributed by atoms with van der Waals surface area (Å²) in [6, 6.07) is -2.51. The standard InChI is InChI=1S/C21H34N8O6S/c1-13(2)18(19(33)25-15(20(34)36)5-3-8-24-21(22)35)26-17(32)12-29-11-14(27-28-29)6-7-16(31)23-9-4-10-30/h10-11,13,15,18H,3-9,12H2,1-2H3,(H,23,31)(H,25,33)(H,26,32)(H,34,36)(H3,22,24,35)/t15-,18-/m0/s1. The number of thiol groups is 1. The second kappa shape index (κ2) is 16.2. The molecular formula is C21H34N8O6S. The van der Waals surface area contributed by atoms with Gasteiger partial charge in [-0.2, -0.15) is 0 Å². The predicted octanol–water partition coefficient (Wildman–Crippen LogP) is -1.55. The maximum atomic E-state index is 12.8. The van der Waals surface area contributed by atoms with E-state index >= 15 is 0 Å². The average molecular weight is 527 g/mol. The van der Waals surface area contributed by atoms with Crippen LogP contribution in [0.2, 0.25) is 0 Å². The Morgan fingerprint density at radius 1 is 1.11 bits per heavy atom. The molecule has 1 aromatic heterocycles. The SMILES string of the molecule is CC(C)[C@H](NC(=O)Cn1cc(CCC(=O)NCCC=O)nn1)C(=O)N[C@@H](CCCNC(N)=O)C(=O)S. The number of nitrogens with two attached hydrogens (primary N) is 1. The second-order valence-corrected chi connectivity index (χ2v) is 8.78. The van der Waals surface area contributed by atoms with E-state index in [1.165, 1.54) is 10.9 Å². The van der Waals surface area contributed by atoms with Crippen LogP contribution >= 0.6 is 12.6 Å². The van der Waals surface area contributed by atoms with E-state index < -0.39 is 35.0 Å². The molecule has 0 radical (unpaired) electrons. The number of aromatic nitrogens is 3. The Hall–Kier alpha value is -3.49. The van der Waals surface area contributed by atoms with E-state index in [2.05, 4.69) is 44.2 Å². The Labute approximate surface area is 214 Å². The topological polar surface area (TPSA) is 207 Å². The van der Waals surface area contributed by atoms with Gasteiger partial charge in [-0.1, -0.05) is 19.1 Å². The van der Waals surface area contributed by atoms with Gasteiger partial charge < -0.3 is 31.8 Å². The lowest BCUT2D eigenvalue weighted by Gasteiger charge is -2.24. The van der Waals surface area contributed by atoms with Crippen LogP contribution in [0.1, 0.15) is 45.2 Å². The number of aryl methyl sites for hydroxylation is 1. The molecule has 0 fully saturated rings. The van der Waals surface area contributed by atoms with Crippen molar-refractivity contribution >= 4 is 47.8 Å². The molecule has 0 unspecified atom stereocenters. The van der Waals surface area contributed by atoms with Crippen LogP contribution in [-0.4, -0.2) is 75.3 Å². The molecule has 15 heteroatoms. The van der Waals surface area contributed by atoms with E-state index in [-0.39, 0.29) is 50.7 Å². The van der Waals surface area contributed by atoms with E-state index in [1.807, 2.05) is 0 Å². The summed E-state index contributed by atoms with van der Waals surface area (Å²) in [5.41, 5.74) is 5.50. The molecule has 0 saturated heterocycles. The first-order valence-corrected chi connectivity index (χ1v) is 11.9. The summed E-state index contributed by atoms with van der Waals surface area (Å²) in [6.45, 7) is 3.79. The molecule has 0 saturated carbocycles. The Morgan fingerprint density at radius 2 is 1.83 bits per heavy atom. The van der Waals surface area contributed by atoms with Crippen LogP contribution in [0, 0.1) is 5.92 Å². The van der Waals surface area contributed by atoms with Gasteiger partial charge in [-0.3, -0.25) is 19.2 Å². The van der Waals surface area contributed by atoms with Crippen molar-refractivity contribution in [3.63, 3.8) is 0 Å². The minimum Gasteiger partial charge on any atom is -0.356 e. The molecule has 0 bridgehead atoms. The van der Waals surface area contributed by atoms with Gasteiger partial charge >= 0.3 is 6.03 Å². The third kappa shape index (κ3) is 12.3. The van der Waals surface area contributed by atoms with E-state index in [1.54, 1.807) is 13.8 Å². The fraction of sp³-hybridized carbons (Fsp3) is 0.619. The van der Waals surface area contributed by atoms with Crippen LogP contribution < -0.4 is 27.0 Å². The third-order valence-electron chi connectivity index (χ3n) is 4.93. The van der Waals surface area contributed by atoms with E-state index in [0.717, 1.165) is 6.29 Å². The summed E-state index contributed by atoms with van der Waals surface area (Å²) in [5.74, 6) is -1.55. The molecule has 0 spiro atoms. The number of hydrogen-bond donors (Lipinski definition) is 6. The molecule has 6 N–H and O–H groups in total. The van der Waals surface area contributed by atoms with Gasteiger partial charge in [0.15, 0.2) is 0 Å². The third-order valence-corrected chi connectivity index (χ3v) is 5.24. The molecule has 0 aliphatic carbocycles. The largest absolute Gasteiger partial charge is 0.356 e. The van der Waals surface area contributed by atoms with E-state index in [4.69, 9.17) is 5.73 Å². The van der Waals surface area contributed by atoms with Gasteiger partial charge in [0, 0.05) is 38.5 Å². The molecule has 1 heterocycles. The molecule has 0 aliphatic rings. The Balaban J connectivity index is 2.60. The summed E-state index contributed by atoms with van der Waals surface area (Å²) >= 11 is 3.81. The smallest absolute Gasteiger partial charge is 0.312 e. The van der Waals surface area contributed by atoms with Crippen molar-refractivity contribution in [3.8, 4) is 0 Å². The Bertz CT molecular complexity index is 922. The molecule has 0 aliphatic heterocycles. The second-order valence-electron chi connectivity index (χ2n) is 8.33. The van der Waals surface area contributed by atoms with Gasteiger partial charge in [-0.15, -0.1) is 17.7 Å². The number of amides is 5. The van der Waals surface area contributed by atoms with Crippen molar-refractivity contribution in [1.29, 1.82) is 0 Å². The number of carbonyl (C=O) groups excluding carboxylic acids is 6. The zero-order chi connectivity index (χ0) is 27.1. The average Bonchev–Trinajstić information content (AvgIpc) is 3.24. The number of nitrogens with one attached hydrogen (secondary N) is 4. The fourth-order valence-corrected chi connectivity index (χ4v) is 3.26. The molecule has 0 aromatic carbocycles. The van der Waals surface area contributed by atoms with Crippen molar-refractivity contribution in [2.24, 2.45) is 11.7 Å². The lowest BCUT2D eigenvalue weighted by molar-refractivity contribution is -0.131. The monoisotopic (exact) mass is 526 g/mol. The number of carbonyl (C=O) groups is 6. The van der Waals surface area contributed by atoms with Crippen molar-refractivity contribution in [2.45, 2.75) is 64.6 Å². The van der Waals surface area contributed by atoms with Crippen molar-refractivity contribution in [2.75, 3.05) is 13.1 Å². The van der Waals surface area contributed by atoms with Crippen molar-refractivity contribution < 1.29 is 28.8 Å². The summed E-state index contributed by atoms with van der Waals surface area (Å²) < 4.78 is 1.29. The van der Waals surface area contributed by atoms with Gasteiger partial charge in [-0.25, -0.2) is 9.48 Å². The van der Waals surface area contributed by atoms with Crippen molar-refractivity contribution in [3.05, 3.63) is 11.9 Å². The quantitative estimate of drug-likeness (QED) is 0.0793. The molecule has 1 aromatic rings. The van der Waals surface area contributed by atoms with Crippen LogP contribution in [0.25, 0.3) is 0 Å². The molecule has 5 amide bonds. The molecular weight excluding hydrogens is 492 g/mol. The van der Waals surface area contributed by atoms with Crippen LogP contribution in [0.3, 0.4) is 0 Å². The predicted molar refractivity (Wildman–Crippen MR) is 132 cm³/mol. The highest BCUT2D eigenvalue weighted by Crippen LogP contribution is 2.07. The summed E-state index contributed by atoms with van der Waals surface area (Å²) in [5, 5.41) is 17.5. The molecule has 2 atom stereocenters. The number of hydrogen-bond acceptors (Lipinski definition) is 8. The number of nitrogens with zero attached hydrogens (tertiary/aromatic N) is 3. The first-order chi connectivity index (χ1) is 17.0. The van der Waals surface area contributed by atoms with Crippen LogP contribution in [0.15, 0.2) is 6.20 Å². The summed E-state index contributed by atoms with van der Waals surface area (Å²) in [4.78, 5) is 69.9.